The highest BCUT2D eigenvalue weighted by molar-refractivity contribution is 5.90. The first kappa shape index (κ1) is 18.9. The third-order valence-electron chi connectivity index (χ3n) is 5.44. The van der Waals surface area contributed by atoms with Gasteiger partial charge >= 0.3 is 12.1 Å². The van der Waals surface area contributed by atoms with Crippen LogP contribution >= 0.6 is 0 Å². The first-order valence-corrected chi connectivity index (χ1v) is 9.63. The summed E-state index contributed by atoms with van der Waals surface area (Å²) in [5.74, 6) is -1.27. The molecule has 0 spiro atoms. The molecule has 4 rings (SSSR count). The van der Waals surface area contributed by atoms with E-state index in [9.17, 15) is 14.7 Å². The van der Waals surface area contributed by atoms with Crippen molar-refractivity contribution in [2.45, 2.75) is 51.0 Å². The molecule has 0 bridgehead atoms. The summed E-state index contributed by atoms with van der Waals surface area (Å²) in [6.45, 7) is 0. The number of amides is 1. The van der Waals surface area contributed by atoms with Gasteiger partial charge in [-0.05, 0) is 60.8 Å². The highest BCUT2D eigenvalue weighted by Gasteiger charge is 2.28. The summed E-state index contributed by atoms with van der Waals surface area (Å²) in [6.07, 6.45) is 6.17. The van der Waals surface area contributed by atoms with Gasteiger partial charge in [0.05, 0.1) is 23.8 Å². The van der Waals surface area contributed by atoms with Gasteiger partial charge in [0.1, 0.15) is 6.07 Å². The van der Waals surface area contributed by atoms with Crippen LogP contribution in [0.25, 0.3) is 0 Å². The van der Waals surface area contributed by atoms with Crippen LogP contribution < -0.4 is 5.32 Å². The molecular formula is C21H20N4O4. The van der Waals surface area contributed by atoms with Crippen LogP contribution in [0.1, 0.15) is 46.5 Å². The van der Waals surface area contributed by atoms with Crippen LogP contribution in [0.5, 0.6) is 0 Å². The third kappa shape index (κ3) is 3.90. The lowest BCUT2D eigenvalue weighted by Crippen LogP contribution is -2.32. The number of aliphatic carboxylic acids is 1. The molecule has 1 unspecified atom stereocenters. The number of aromatic nitrogens is 2. The van der Waals surface area contributed by atoms with Crippen molar-refractivity contribution in [2.75, 3.05) is 5.32 Å². The summed E-state index contributed by atoms with van der Waals surface area (Å²) in [5.41, 5.74) is 6.09. The lowest BCUT2D eigenvalue weighted by Gasteiger charge is -2.18. The Morgan fingerprint density at radius 1 is 1.14 bits per heavy atom. The normalized spacial score (nSPS) is 15.1. The molecule has 0 fully saturated rings. The Bertz CT molecular complexity index is 979. The van der Waals surface area contributed by atoms with Gasteiger partial charge in [-0.3, -0.25) is 10.3 Å². The van der Waals surface area contributed by atoms with E-state index in [1.54, 1.807) is 0 Å². The van der Waals surface area contributed by atoms with Crippen LogP contribution in [0.15, 0.2) is 18.5 Å². The minimum absolute atomic E-state index is 0.131. The monoisotopic (exact) mass is 392 g/mol. The van der Waals surface area contributed by atoms with Crippen molar-refractivity contribution >= 4 is 17.7 Å². The molecule has 1 aromatic carbocycles. The summed E-state index contributed by atoms with van der Waals surface area (Å²) < 4.78 is 5.21. The Morgan fingerprint density at radius 3 is 2.38 bits per heavy atom. The SMILES string of the molecule is N#Cc1cnc(CC(OC(=O)Nc2c3c(cc4c2CCC4)CCC3)C(=O)O)cn1. The highest BCUT2D eigenvalue weighted by Crippen LogP contribution is 2.38. The number of hydrogen-bond donors (Lipinski definition) is 2. The molecule has 2 aliphatic rings. The van der Waals surface area contributed by atoms with E-state index in [1.807, 2.05) is 6.07 Å². The number of carboxylic acids is 1. The van der Waals surface area contributed by atoms with Crippen LogP contribution in [-0.2, 0) is 41.6 Å². The summed E-state index contributed by atoms with van der Waals surface area (Å²) in [7, 11) is 0. The fraction of sp³-hybridized carbons (Fsp3) is 0.381. The Balaban J connectivity index is 1.50. The van der Waals surface area contributed by atoms with Crippen LogP contribution in [-0.4, -0.2) is 33.2 Å². The number of rotatable bonds is 5. The molecular weight excluding hydrogens is 372 g/mol. The van der Waals surface area contributed by atoms with E-state index in [1.165, 1.54) is 23.5 Å². The van der Waals surface area contributed by atoms with E-state index < -0.39 is 18.2 Å². The number of nitrogens with one attached hydrogen (secondary N) is 1. The first-order valence-electron chi connectivity index (χ1n) is 9.63. The topological polar surface area (TPSA) is 125 Å². The van der Waals surface area contributed by atoms with E-state index in [0.717, 1.165) is 55.3 Å². The number of carboxylic acid groups (broad SMARTS) is 1. The smallest absolute Gasteiger partial charge is 0.412 e. The summed E-state index contributed by atoms with van der Waals surface area (Å²) in [5, 5.41) is 21.0. The average Bonchev–Trinajstić information content (AvgIpc) is 3.37. The number of nitrogens with zero attached hydrogens (tertiary/aromatic N) is 3. The van der Waals surface area contributed by atoms with Gasteiger partial charge in [0, 0.05) is 6.42 Å². The fourth-order valence-electron chi connectivity index (χ4n) is 4.12. The van der Waals surface area contributed by atoms with E-state index in [2.05, 4.69) is 21.4 Å². The molecule has 2 aliphatic carbocycles. The van der Waals surface area contributed by atoms with Crippen molar-refractivity contribution in [3.05, 3.63) is 52.1 Å². The number of nitriles is 1. The predicted molar refractivity (Wildman–Crippen MR) is 102 cm³/mol. The Hall–Kier alpha value is -3.47. The average molecular weight is 392 g/mol. The maximum atomic E-state index is 12.5. The van der Waals surface area contributed by atoms with E-state index in [4.69, 9.17) is 10.00 Å². The number of carbonyl (C=O) groups excluding carboxylic acids is 1. The van der Waals surface area contributed by atoms with Crippen molar-refractivity contribution in [2.24, 2.45) is 0 Å². The summed E-state index contributed by atoms with van der Waals surface area (Å²) >= 11 is 0. The summed E-state index contributed by atoms with van der Waals surface area (Å²) in [6, 6.07) is 4.10. The maximum Gasteiger partial charge on any atom is 0.412 e. The molecule has 0 saturated heterocycles. The predicted octanol–water partition coefficient (Wildman–Crippen LogP) is 2.57. The Morgan fingerprint density at radius 2 is 1.83 bits per heavy atom. The number of fused-ring (bicyclic) bond motifs is 2. The summed E-state index contributed by atoms with van der Waals surface area (Å²) in [4.78, 5) is 32.0. The number of aryl methyl sites for hydroxylation is 2. The van der Waals surface area contributed by atoms with Gasteiger partial charge in [0.25, 0.3) is 0 Å². The molecule has 2 N–H and O–H groups in total. The number of hydrogen-bond acceptors (Lipinski definition) is 6. The highest BCUT2D eigenvalue weighted by atomic mass is 16.6. The number of benzene rings is 1. The van der Waals surface area contributed by atoms with E-state index >= 15 is 0 Å². The zero-order chi connectivity index (χ0) is 20.4. The van der Waals surface area contributed by atoms with E-state index in [-0.39, 0.29) is 12.1 Å². The number of ether oxygens (including phenoxy) is 1. The Labute approximate surface area is 167 Å². The van der Waals surface area contributed by atoms with Crippen LogP contribution in [0.2, 0.25) is 0 Å². The third-order valence-corrected chi connectivity index (χ3v) is 5.44. The van der Waals surface area contributed by atoms with Crippen LogP contribution in [0, 0.1) is 11.3 Å². The second-order valence-corrected chi connectivity index (χ2v) is 7.30. The minimum Gasteiger partial charge on any atom is -0.478 e. The van der Waals surface area contributed by atoms with Crippen molar-refractivity contribution in [1.82, 2.24) is 9.97 Å². The molecule has 8 nitrogen and oxygen atoms in total. The Kier molecular flexibility index (Phi) is 5.12. The number of anilines is 1. The van der Waals surface area contributed by atoms with Crippen molar-refractivity contribution in [3.8, 4) is 6.07 Å². The molecule has 1 heterocycles. The van der Waals surface area contributed by atoms with Gasteiger partial charge in [-0.2, -0.15) is 5.26 Å². The molecule has 148 valence electrons. The largest absolute Gasteiger partial charge is 0.478 e. The maximum absolute atomic E-state index is 12.5. The first-order chi connectivity index (χ1) is 14.0. The molecule has 1 amide bonds. The van der Waals surface area contributed by atoms with Gasteiger partial charge in [-0.15, -0.1) is 0 Å². The standard InChI is InChI=1S/C21H20N4O4/c22-9-15-11-23-14(10-24-15)8-18(20(26)27)29-21(28)25-19-16-5-1-3-12(16)7-13-4-2-6-17(13)19/h7,10-11,18H,1-6,8H2,(H,25,28)(H,26,27). The second-order valence-electron chi connectivity index (χ2n) is 7.30. The molecule has 1 atom stereocenters. The molecule has 29 heavy (non-hydrogen) atoms. The molecule has 8 heteroatoms. The van der Waals surface area contributed by atoms with Crippen molar-refractivity contribution in [3.63, 3.8) is 0 Å². The lowest BCUT2D eigenvalue weighted by molar-refractivity contribution is -0.146. The molecule has 0 saturated carbocycles. The minimum atomic E-state index is -1.40. The molecule has 1 aromatic heterocycles. The van der Waals surface area contributed by atoms with Gasteiger partial charge in [-0.25, -0.2) is 14.6 Å². The van der Waals surface area contributed by atoms with Crippen LogP contribution in [0.3, 0.4) is 0 Å². The lowest BCUT2D eigenvalue weighted by atomic mass is 9.99. The van der Waals surface area contributed by atoms with Crippen molar-refractivity contribution in [1.29, 1.82) is 5.26 Å². The quantitative estimate of drug-likeness (QED) is 0.801. The molecule has 0 radical (unpaired) electrons. The molecule has 0 aliphatic heterocycles. The second kappa shape index (κ2) is 7.87. The zero-order valence-electron chi connectivity index (χ0n) is 15.8. The fourth-order valence-corrected chi connectivity index (χ4v) is 4.12. The van der Waals surface area contributed by atoms with E-state index in [0.29, 0.717) is 5.69 Å². The van der Waals surface area contributed by atoms with Crippen LogP contribution in [0.4, 0.5) is 10.5 Å². The number of carbonyl (C=O) groups is 2. The molecule has 2 aromatic rings. The van der Waals surface area contributed by atoms with Gasteiger partial charge in [-0.1, -0.05) is 6.07 Å². The van der Waals surface area contributed by atoms with Gasteiger partial charge < -0.3 is 9.84 Å². The van der Waals surface area contributed by atoms with Crippen molar-refractivity contribution < 1.29 is 19.4 Å². The van der Waals surface area contributed by atoms with Gasteiger partial charge in [0.2, 0.25) is 6.10 Å². The zero-order valence-corrected chi connectivity index (χ0v) is 15.8. The van der Waals surface area contributed by atoms with Gasteiger partial charge in [0.15, 0.2) is 5.69 Å².